The zero-order chi connectivity index (χ0) is 10.7. The molecule has 0 fully saturated rings. The van der Waals surface area contributed by atoms with Gasteiger partial charge < -0.3 is 5.73 Å². The van der Waals surface area contributed by atoms with Crippen LogP contribution in [0.1, 0.15) is 10.4 Å². The van der Waals surface area contributed by atoms with Crippen molar-refractivity contribution in [2.24, 2.45) is 5.73 Å². The van der Waals surface area contributed by atoms with Gasteiger partial charge in [-0.25, -0.2) is 0 Å². The van der Waals surface area contributed by atoms with Crippen LogP contribution in [-0.2, 0) is 6.54 Å². The summed E-state index contributed by atoms with van der Waals surface area (Å²) in [6, 6.07) is 11.8. The van der Waals surface area contributed by atoms with Gasteiger partial charge in [0.25, 0.3) is 0 Å². The molecule has 0 aliphatic heterocycles. The van der Waals surface area contributed by atoms with Crippen LogP contribution in [0.25, 0.3) is 11.1 Å². The third-order valence-electron chi connectivity index (χ3n) is 2.23. The predicted molar refractivity (Wildman–Crippen MR) is 62.4 cm³/mol. The van der Waals surface area contributed by atoms with Gasteiger partial charge in [0.15, 0.2) is 0 Å². The number of rotatable bonds is 2. The van der Waals surface area contributed by atoms with Gasteiger partial charge in [-0.05, 0) is 34.7 Å². The van der Waals surface area contributed by atoms with E-state index in [2.05, 4.69) is 6.07 Å². The molecule has 0 aliphatic carbocycles. The SMILES string of the molecule is N#Cc1cccc(-c2ccsc2CN)c1. The molecule has 1 aromatic carbocycles. The molecule has 2 N–H and O–H groups in total. The number of thiophene rings is 1. The summed E-state index contributed by atoms with van der Waals surface area (Å²) in [5, 5.41) is 10.8. The lowest BCUT2D eigenvalue weighted by atomic mass is 10.0. The molecule has 2 rings (SSSR count). The largest absolute Gasteiger partial charge is 0.326 e. The maximum absolute atomic E-state index is 8.81. The van der Waals surface area contributed by atoms with Crippen LogP contribution in [-0.4, -0.2) is 0 Å². The highest BCUT2D eigenvalue weighted by molar-refractivity contribution is 7.10. The van der Waals surface area contributed by atoms with Crippen molar-refractivity contribution in [1.82, 2.24) is 0 Å². The number of nitriles is 1. The number of benzene rings is 1. The molecule has 2 aromatic rings. The standard InChI is InChI=1S/C12H10N2S/c13-7-9-2-1-3-10(6-9)11-4-5-15-12(11)8-14/h1-6H,8,14H2. The van der Waals surface area contributed by atoms with Crippen LogP contribution >= 0.6 is 11.3 Å². The molecule has 1 heterocycles. The number of nitrogens with zero attached hydrogens (tertiary/aromatic N) is 1. The lowest BCUT2D eigenvalue weighted by Gasteiger charge is -2.01. The first-order valence-electron chi connectivity index (χ1n) is 4.62. The molecule has 0 spiro atoms. The molecular formula is C12H10N2S. The minimum atomic E-state index is 0.545. The maximum Gasteiger partial charge on any atom is 0.0991 e. The highest BCUT2D eigenvalue weighted by atomic mass is 32.1. The summed E-state index contributed by atoms with van der Waals surface area (Å²) in [4.78, 5) is 1.16. The average molecular weight is 214 g/mol. The van der Waals surface area contributed by atoms with Crippen LogP contribution < -0.4 is 5.73 Å². The molecule has 0 unspecified atom stereocenters. The molecule has 15 heavy (non-hydrogen) atoms. The van der Waals surface area contributed by atoms with Gasteiger partial charge in [0, 0.05) is 11.4 Å². The molecule has 0 aliphatic rings. The van der Waals surface area contributed by atoms with Gasteiger partial charge in [0.2, 0.25) is 0 Å². The Bertz CT molecular complexity index is 508. The van der Waals surface area contributed by atoms with Crippen molar-refractivity contribution in [3.8, 4) is 17.2 Å². The average Bonchev–Trinajstić information content (AvgIpc) is 2.77. The summed E-state index contributed by atoms with van der Waals surface area (Å²) in [6.45, 7) is 0.545. The monoisotopic (exact) mass is 214 g/mol. The van der Waals surface area contributed by atoms with Crippen molar-refractivity contribution < 1.29 is 0 Å². The van der Waals surface area contributed by atoms with E-state index in [9.17, 15) is 0 Å². The van der Waals surface area contributed by atoms with Crippen LogP contribution in [0.3, 0.4) is 0 Å². The van der Waals surface area contributed by atoms with Crippen molar-refractivity contribution in [1.29, 1.82) is 5.26 Å². The van der Waals surface area contributed by atoms with Crippen molar-refractivity contribution >= 4 is 11.3 Å². The zero-order valence-corrected chi connectivity index (χ0v) is 8.92. The van der Waals surface area contributed by atoms with E-state index < -0.39 is 0 Å². The fourth-order valence-corrected chi connectivity index (χ4v) is 2.29. The lowest BCUT2D eigenvalue weighted by molar-refractivity contribution is 1.11. The number of hydrogen-bond acceptors (Lipinski definition) is 3. The Labute approximate surface area is 92.6 Å². The third kappa shape index (κ3) is 1.91. The first-order valence-corrected chi connectivity index (χ1v) is 5.50. The van der Waals surface area contributed by atoms with Crippen LogP contribution in [0.15, 0.2) is 35.7 Å². The molecule has 3 heteroatoms. The summed E-state index contributed by atoms with van der Waals surface area (Å²) in [5.74, 6) is 0. The number of nitrogens with two attached hydrogens (primary N) is 1. The third-order valence-corrected chi connectivity index (χ3v) is 3.18. The van der Waals surface area contributed by atoms with E-state index in [1.54, 1.807) is 17.4 Å². The Morgan fingerprint density at radius 3 is 2.93 bits per heavy atom. The van der Waals surface area contributed by atoms with E-state index in [4.69, 9.17) is 11.0 Å². The fraction of sp³-hybridized carbons (Fsp3) is 0.0833. The topological polar surface area (TPSA) is 49.8 Å². The van der Waals surface area contributed by atoms with Crippen LogP contribution in [0.4, 0.5) is 0 Å². The molecule has 0 bridgehead atoms. The summed E-state index contributed by atoms with van der Waals surface area (Å²) in [6.07, 6.45) is 0. The molecule has 0 saturated carbocycles. The highest BCUT2D eigenvalue weighted by Gasteiger charge is 2.05. The van der Waals surface area contributed by atoms with E-state index in [-0.39, 0.29) is 0 Å². The molecule has 74 valence electrons. The second-order valence-electron chi connectivity index (χ2n) is 3.15. The number of hydrogen-bond donors (Lipinski definition) is 1. The Kier molecular flexibility index (Phi) is 2.82. The second kappa shape index (κ2) is 4.26. The van der Waals surface area contributed by atoms with Gasteiger partial charge in [-0.15, -0.1) is 11.3 Å². The summed E-state index contributed by atoms with van der Waals surface area (Å²) in [5.41, 5.74) is 8.53. The van der Waals surface area contributed by atoms with Gasteiger partial charge in [-0.2, -0.15) is 5.26 Å². The normalized spacial score (nSPS) is 9.87. The lowest BCUT2D eigenvalue weighted by Crippen LogP contribution is -1.94. The Morgan fingerprint density at radius 1 is 1.33 bits per heavy atom. The molecule has 1 aromatic heterocycles. The van der Waals surface area contributed by atoms with Gasteiger partial charge in [0.05, 0.1) is 11.6 Å². The van der Waals surface area contributed by atoms with E-state index in [0.29, 0.717) is 12.1 Å². The van der Waals surface area contributed by atoms with Gasteiger partial charge >= 0.3 is 0 Å². The molecule has 0 amide bonds. The van der Waals surface area contributed by atoms with Crippen molar-refractivity contribution in [2.75, 3.05) is 0 Å². The Morgan fingerprint density at radius 2 is 2.20 bits per heavy atom. The fourth-order valence-electron chi connectivity index (χ4n) is 1.51. The van der Waals surface area contributed by atoms with Gasteiger partial charge in [-0.1, -0.05) is 12.1 Å². The molecule has 0 radical (unpaired) electrons. The molecular weight excluding hydrogens is 204 g/mol. The summed E-state index contributed by atoms with van der Waals surface area (Å²) >= 11 is 1.65. The molecule has 0 saturated heterocycles. The van der Waals surface area contributed by atoms with Crippen molar-refractivity contribution in [3.63, 3.8) is 0 Å². The van der Waals surface area contributed by atoms with Gasteiger partial charge in [-0.3, -0.25) is 0 Å². The molecule has 2 nitrogen and oxygen atoms in total. The maximum atomic E-state index is 8.81. The quantitative estimate of drug-likeness (QED) is 0.835. The highest BCUT2D eigenvalue weighted by Crippen LogP contribution is 2.28. The second-order valence-corrected chi connectivity index (χ2v) is 4.15. The Balaban J connectivity index is 2.50. The van der Waals surface area contributed by atoms with E-state index in [1.165, 1.54) is 0 Å². The first kappa shape index (κ1) is 9.91. The summed E-state index contributed by atoms with van der Waals surface area (Å²) in [7, 11) is 0. The van der Waals surface area contributed by atoms with Crippen molar-refractivity contribution in [3.05, 3.63) is 46.2 Å². The van der Waals surface area contributed by atoms with Crippen LogP contribution in [0, 0.1) is 11.3 Å². The van der Waals surface area contributed by atoms with E-state index in [0.717, 1.165) is 16.0 Å². The Hall–Kier alpha value is -1.63. The van der Waals surface area contributed by atoms with Crippen LogP contribution in [0.2, 0.25) is 0 Å². The summed E-state index contributed by atoms with van der Waals surface area (Å²) < 4.78 is 0. The minimum Gasteiger partial charge on any atom is -0.326 e. The predicted octanol–water partition coefficient (Wildman–Crippen LogP) is 2.75. The van der Waals surface area contributed by atoms with E-state index in [1.807, 2.05) is 29.6 Å². The molecule has 0 atom stereocenters. The van der Waals surface area contributed by atoms with E-state index >= 15 is 0 Å². The minimum absolute atomic E-state index is 0.545. The smallest absolute Gasteiger partial charge is 0.0991 e. The van der Waals surface area contributed by atoms with Crippen molar-refractivity contribution in [2.45, 2.75) is 6.54 Å². The van der Waals surface area contributed by atoms with Crippen LogP contribution in [0.5, 0.6) is 0 Å². The van der Waals surface area contributed by atoms with Gasteiger partial charge in [0.1, 0.15) is 0 Å². The zero-order valence-electron chi connectivity index (χ0n) is 8.10. The first-order chi connectivity index (χ1) is 7.35.